The van der Waals surface area contributed by atoms with Crippen LogP contribution in [0.3, 0.4) is 0 Å². The summed E-state index contributed by atoms with van der Waals surface area (Å²) >= 11 is 0. The second-order valence-corrected chi connectivity index (χ2v) is 6.94. The van der Waals surface area contributed by atoms with Crippen molar-refractivity contribution in [2.75, 3.05) is 14.2 Å². The Balaban J connectivity index is 2.36. The van der Waals surface area contributed by atoms with Crippen LogP contribution in [0.1, 0.15) is 39.3 Å². The first-order valence-electron chi connectivity index (χ1n) is 9.20. The molecular formula is C24H26O4. The zero-order chi connectivity index (χ0) is 20.3. The Bertz CT molecular complexity index is 964. The summed E-state index contributed by atoms with van der Waals surface area (Å²) < 4.78 is 10.9. The van der Waals surface area contributed by atoms with E-state index in [1.807, 2.05) is 68.4 Å². The number of aliphatic hydroxyl groups is 1. The minimum Gasteiger partial charge on any atom is -0.504 e. The normalized spacial score (nSPS) is 11.9. The molecule has 0 aliphatic carbocycles. The van der Waals surface area contributed by atoms with Crippen LogP contribution in [0, 0.1) is 13.8 Å². The molecular weight excluding hydrogens is 352 g/mol. The molecule has 0 amide bonds. The van der Waals surface area contributed by atoms with Crippen LogP contribution in [-0.2, 0) is 6.61 Å². The molecule has 0 fully saturated rings. The summed E-state index contributed by atoms with van der Waals surface area (Å²) in [6, 6.07) is 17.7. The first kappa shape index (κ1) is 19.8. The molecule has 0 spiro atoms. The molecule has 28 heavy (non-hydrogen) atoms. The third kappa shape index (κ3) is 3.69. The van der Waals surface area contributed by atoms with Crippen LogP contribution in [0.15, 0.2) is 54.6 Å². The van der Waals surface area contributed by atoms with E-state index < -0.39 is 0 Å². The Morgan fingerprint density at radius 2 is 1.39 bits per heavy atom. The van der Waals surface area contributed by atoms with Crippen molar-refractivity contribution >= 4 is 0 Å². The average molecular weight is 378 g/mol. The lowest BCUT2D eigenvalue weighted by molar-refractivity contribution is 0.272. The molecule has 3 aromatic carbocycles. The van der Waals surface area contributed by atoms with E-state index in [-0.39, 0.29) is 18.3 Å². The fraction of sp³-hybridized carbons (Fsp3) is 0.250. The van der Waals surface area contributed by atoms with Crippen molar-refractivity contribution in [1.82, 2.24) is 0 Å². The van der Waals surface area contributed by atoms with E-state index in [0.29, 0.717) is 17.1 Å². The van der Waals surface area contributed by atoms with Gasteiger partial charge in [0.2, 0.25) is 0 Å². The van der Waals surface area contributed by atoms with Gasteiger partial charge in [0, 0.05) is 17.0 Å². The third-order valence-electron chi connectivity index (χ3n) is 4.99. The number of aryl methyl sites for hydroxylation is 2. The van der Waals surface area contributed by atoms with Gasteiger partial charge in [-0.2, -0.15) is 0 Å². The smallest absolute Gasteiger partial charge is 0.161 e. The highest BCUT2D eigenvalue weighted by molar-refractivity contribution is 5.59. The van der Waals surface area contributed by atoms with Crippen LogP contribution in [-0.4, -0.2) is 24.4 Å². The summed E-state index contributed by atoms with van der Waals surface area (Å²) in [6.45, 7) is 3.80. The molecule has 1 unspecified atom stereocenters. The predicted molar refractivity (Wildman–Crippen MR) is 110 cm³/mol. The Labute approximate surface area is 166 Å². The first-order chi connectivity index (χ1) is 13.5. The monoisotopic (exact) mass is 378 g/mol. The van der Waals surface area contributed by atoms with Gasteiger partial charge < -0.3 is 19.7 Å². The maximum atomic E-state index is 10.9. The van der Waals surface area contributed by atoms with E-state index in [9.17, 15) is 10.2 Å². The number of phenolic OH excluding ortho intramolecular Hbond substituents is 1. The standard InChI is InChI=1S/C24H26O4/c1-15-10-18(20(14-25)21(12-15)27-3)23(17-8-6-5-7-9-17)19-11-16(2)13-22(28-4)24(19)26/h5-13,23,25-26H,14H2,1-4H3. The van der Waals surface area contributed by atoms with E-state index in [0.717, 1.165) is 27.8 Å². The molecule has 0 bridgehead atoms. The van der Waals surface area contributed by atoms with Gasteiger partial charge in [-0.05, 0) is 48.2 Å². The van der Waals surface area contributed by atoms with Crippen LogP contribution in [0.25, 0.3) is 0 Å². The predicted octanol–water partition coefficient (Wildman–Crippen LogP) is 4.70. The van der Waals surface area contributed by atoms with E-state index >= 15 is 0 Å². The van der Waals surface area contributed by atoms with Gasteiger partial charge >= 0.3 is 0 Å². The van der Waals surface area contributed by atoms with E-state index in [1.165, 1.54) is 0 Å². The fourth-order valence-corrected chi connectivity index (χ4v) is 3.74. The molecule has 146 valence electrons. The number of benzene rings is 3. The number of methoxy groups -OCH3 is 2. The van der Waals surface area contributed by atoms with Crippen molar-refractivity contribution < 1.29 is 19.7 Å². The Morgan fingerprint density at radius 3 is 1.96 bits per heavy atom. The van der Waals surface area contributed by atoms with Crippen molar-refractivity contribution in [2.45, 2.75) is 26.4 Å². The van der Waals surface area contributed by atoms with Crippen LogP contribution < -0.4 is 9.47 Å². The third-order valence-corrected chi connectivity index (χ3v) is 4.99. The molecule has 0 saturated carbocycles. The number of hydrogen-bond donors (Lipinski definition) is 2. The van der Waals surface area contributed by atoms with E-state index in [1.54, 1.807) is 14.2 Å². The first-order valence-corrected chi connectivity index (χ1v) is 9.20. The highest BCUT2D eigenvalue weighted by Gasteiger charge is 2.26. The minimum absolute atomic E-state index is 0.103. The van der Waals surface area contributed by atoms with Crippen LogP contribution >= 0.6 is 0 Å². The van der Waals surface area contributed by atoms with Crippen LogP contribution in [0.5, 0.6) is 17.2 Å². The molecule has 3 rings (SSSR count). The average Bonchev–Trinajstić information content (AvgIpc) is 2.70. The molecule has 3 aromatic rings. The fourth-order valence-electron chi connectivity index (χ4n) is 3.74. The minimum atomic E-state index is -0.286. The lowest BCUT2D eigenvalue weighted by Gasteiger charge is -2.25. The number of ether oxygens (including phenoxy) is 2. The second-order valence-electron chi connectivity index (χ2n) is 6.94. The second kappa shape index (κ2) is 8.36. The van der Waals surface area contributed by atoms with Crippen molar-refractivity contribution in [3.8, 4) is 17.2 Å². The lowest BCUT2D eigenvalue weighted by atomic mass is 9.81. The molecule has 1 atom stereocenters. The Morgan fingerprint density at radius 1 is 0.821 bits per heavy atom. The number of aliphatic hydroxyl groups excluding tert-OH is 1. The van der Waals surface area contributed by atoms with Crippen LogP contribution in [0.4, 0.5) is 0 Å². The lowest BCUT2D eigenvalue weighted by Crippen LogP contribution is -2.10. The summed E-state index contributed by atoms with van der Waals surface area (Å²) in [4.78, 5) is 0. The topological polar surface area (TPSA) is 58.9 Å². The highest BCUT2D eigenvalue weighted by atomic mass is 16.5. The van der Waals surface area contributed by atoms with Gasteiger partial charge in [-0.15, -0.1) is 0 Å². The molecule has 0 aliphatic heterocycles. The van der Waals surface area contributed by atoms with Gasteiger partial charge in [0.25, 0.3) is 0 Å². The zero-order valence-corrected chi connectivity index (χ0v) is 16.7. The van der Waals surface area contributed by atoms with Crippen LogP contribution in [0.2, 0.25) is 0 Å². The molecule has 0 aliphatic rings. The summed E-state index contributed by atoms with van der Waals surface area (Å²) in [7, 11) is 3.15. The van der Waals surface area contributed by atoms with Crippen molar-refractivity contribution in [1.29, 1.82) is 0 Å². The summed E-state index contributed by atoms with van der Waals surface area (Å²) in [5, 5.41) is 21.1. The van der Waals surface area contributed by atoms with Gasteiger partial charge in [0.15, 0.2) is 11.5 Å². The maximum Gasteiger partial charge on any atom is 0.161 e. The molecule has 0 aromatic heterocycles. The summed E-state index contributed by atoms with van der Waals surface area (Å²) in [5.41, 5.74) is 5.34. The number of aromatic hydroxyl groups is 1. The number of rotatable bonds is 6. The summed E-state index contributed by atoms with van der Waals surface area (Å²) in [5.74, 6) is 0.885. The SMILES string of the molecule is COc1cc(C)cc(C(c2ccccc2)c2cc(C)cc(OC)c2CO)c1O. The molecule has 0 saturated heterocycles. The van der Waals surface area contributed by atoms with Gasteiger partial charge in [-0.25, -0.2) is 0 Å². The summed E-state index contributed by atoms with van der Waals surface area (Å²) in [6.07, 6.45) is 0. The van der Waals surface area contributed by atoms with E-state index in [2.05, 4.69) is 0 Å². The van der Waals surface area contributed by atoms with Crippen molar-refractivity contribution in [3.63, 3.8) is 0 Å². The Hall–Kier alpha value is -2.98. The van der Waals surface area contributed by atoms with E-state index in [4.69, 9.17) is 9.47 Å². The maximum absolute atomic E-state index is 10.9. The molecule has 2 N–H and O–H groups in total. The molecule has 4 heteroatoms. The van der Waals surface area contributed by atoms with Crippen molar-refractivity contribution in [3.05, 3.63) is 88.0 Å². The zero-order valence-electron chi connectivity index (χ0n) is 16.7. The van der Waals surface area contributed by atoms with Gasteiger partial charge in [-0.3, -0.25) is 0 Å². The molecule has 4 nitrogen and oxygen atoms in total. The largest absolute Gasteiger partial charge is 0.504 e. The quantitative estimate of drug-likeness (QED) is 0.611. The van der Waals surface area contributed by atoms with Gasteiger partial charge in [0.1, 0.15) is 5.75 Å². The van der Waals surface area contributed by atoms with Crippen molar-refractivity contribution in [2.24, 2.45) is 0 Å². The molecule has 0 radical (unpaired) electrons. The number of phenols is 1. The van der Waals surface area contributed by atoms with Gasteiger partial charge in [-0.1, -0.05) is 42.5 Å². The number of hydrogen-bond acceptors (Lipinski definition) is 4. The highest BCUT2D eigenvalue weighted by Crippen LogP contribution is 2.44. The Kier molecular flexibility index (Phi) is 5.90. The molecule has 0 heterocycles. The van der Waals surface area contributed by atoms with Gasteiger partial charge in [0.05, 0.1) is 20.8 Å².